The number of pyridine rings is 1. The maximum atomic E-state index is 14.9. The molecule has 4 heterocycles. The molecule has 1 N–H and O–H groups in total. The molecule has 0 bridgehead atoms. The third-order valence-electron chi connectivity index (χ3n) is 6.96. The number of ether oxygens (including phenoxy) is 1. The van der Waals surface area contributed by atoms with Gasteiger partial charge in [0.1, 0.15) is 29.2 Å². The van der Waals surface area contributed by atoms with Gasteiger partial charge in [0.25, 0.3) is 0 Å². The topological polar surface area (TPSA) is 81.0 Å². The Morgan fingerprint density at radius 2 is 1.86 bits per heavy atom. The van der Waals surface area contributed by atoms with Gasteiger partial charge in [0, 0.05) is 24.7 Å². The zero-order valence-electron chi connectivity index (χ0n) is 22.1. The molecule has 1 aromatic carbocycles. The fourth-order valence-corrected chi connectivity index (χ4v) is 5.07. The van der Waals surface area contributed by atoms with Gasteiger partial charge in [0.15, 0.2) is 5.82 Å². The van der Waals surface area contributed by atoms with Crippen molar-refractivity contribution >= 4 is 22.8 Å². The van der Waals surface area contributed by atoms with Gasteiger partial charge in [-0.3, -0.25) is 0 Å². The molecule has 1 saturated heterocycles. The summed E-state index contributed by atoms with van der Waals surface area (Å²) in [5.41, 5.74) is 3.77. The first-order valence-corrected chi connectivity index (χ1v) is 13.0. The van der Waals surface area contributed by atoms with Crippen LogP contribution in [0.3, 0.4) is 0 Å². The third kappa shape index (κ3) is 5.27. The van der Waals surface area contributed by atoms with Crippen molar-refractivity contribution in [2.75, 3.05) is 25.0 Å². The zero-order valence-corrected chi connectivity index (χ0v) is 22.1. The number of halogens is 1. The van der Waals surface area contributed by atoms with E-state index in [1.54, 1.807) is 6.20 Å². The largest absolute Gasteiger partial charge is 0.489 e. The Balaban J connectivity index is 1.35. The highest BCUT2D eigenvalue weighted by Gasteiger charge is 2.20. The number of imidazole rings is 1. The first kappa shape index (κ1) is 25.1. The maximum absolute atomic E-state index is 14.9. The number of nitrogens with zero attached hydrogens (tertiary/aromatic N) is 6. The fraction of sp³-hybridized carbons (Fsp3) is 0.429. The van der Waals surface area contributed by atoms with Gasteiger partial charge in [0.2, 0.25) is 5.95 Å². The third-order valence-corrected chi connectivity index (χ3v) is 6.96. The van der Waals surface area contributed by atoms with Crippen LogP contribution in [-0.2, 0) is 0 Å². The lowest BCUT2D eigenvalue weighted by atomic mass is 10.1. The molecule has 1 aliphatic heterocycles. The SMILES string of the molecule is CCN1CCC(Oc2ccc(Nc3ncc(F)c(-c4cc(C)c5nc(C)n(C(C)C)c5c4)n3)nc2)CC1. The lowest BCUT2D eigenvalue weighted by molar-refractivity contribution is 0.103. The Hall–Kier alpha value is -3.59. The number of aryl methyl sites for hydroxylation is 2. The monoisotopic (exact) mass is 503 g/mol. The molecule has 194 valence electrons. The van der Waals surface area contributed by atoms with Crippen molar-refractivity contribution < 1.29 is 9.13 Å². The van der Waals surface area contributed by atoms with Crippen LogP contribution < -0.4 is 10.1 Å². The van der Waals surface area contributed by atoms with E-state index in [2.05, 4.69) is 50.5 Å². The molecule has 9 heteroatoms. The van der Waals surface area contributed by atoms with Gasteiger partial charge in [-0.05, 0) is 76.9 Å². The summed E-state index contributed by atoms with van der Waals surface area (Å²) in [6.07, 6.45) is 5.13. The van der Waals surface area contributed by atoms with Crippen LogP contribution in [0.2, 0.25) is 0 Å². The molecule has 8 nitrogen and oxygen atoms in total. The number of rotatable bonds is 7. The van der Waals surface area contributed by atoms with Gasteiger partial charge in [-0.25, -0.2) is 24.3 Å². The number of anilines is 2. The Morgan fingerprint density at radius 3 is 2.54 bits per heavy atom. The average molecular weight is 504 g/mol. The smallest absolute Gasteiger partial charge is 0.229 e. The molecule has 0 unspecified atom stereocenters. The molecule has 0 atom stereocenters. The van der Waals surface area contributed by atoms with E-state index in [-0.39, 0.29) is 23.8 Å². The minimum absolute atomic E-state index is 0.211. The highest BCUT2D eigenvalue weighted by molar-refractivity contribution is 5.85. The van der Waals surface area contributed by atoms with E-state index >= 15 is 0 Å². The Morgan fingerprint density at radius 1 is 1.08 bits per heavy atom. The highest BCUT2D eigenvalue weighted by Crippen LogP contribution is 2.31. The molecule has 1 fully saturated rings. The number of aromatic nitrogens is 5. The number of hydrogen-bond acceptors (Lipinski definition) is 7. The molecule has 0 saturated carbocycles. The average Bonchev–Trinajstić information content (AvgIpc) is 3.23. The molecule has 0 amide bonds. The van der Waals surface area contributed by atoms with E-state index in [4.69, 9.17) is 9.72 Å². The zero-order chi connectivity index (χ0) is 26.1. The first-order valence-electron chi connectivity index (χ1n) is 13.0. The van der Waals surface area contributed by atoms with E-state index in [1.165, 1.54) is 6.20 Å². The van der Waals surface area contributed by atoms with E-state index in [0.29, 0.717) is 11.4 Å². The van der Waals surface area contributed by atoms with Crippen LogP contribution in [0.5, 0.6) is 5.75 Å². The fourth-order valence-electron chi connectivity index (χ4n) is 5.07. The van der Waals surface area contributed by atoms with Crippen molar-refractivity contribution in [1.29, 1.82) is 0 Å². The molecule has 0 spiro atoms. The summed E-state index contributed by atoms with van der Waals surface area (Å²) in [7, 11) is 0. The molecule has 1 aliphatic rings. The summed E-state index contributed by atoms with van der Waals surface area (Å²) >= 11 is 0. The normalized spacial score (nSPS) is 15.0. The summed E-state index contributed by atoms with van der Waals surface area (Å²) in [6.45, 7) is 13.6. The number of fused-ring (bicyclic) bond motifs is 1. The van der Waals surface area contributed by atoms with Gasteiger partial charge >= 0.3 is 0 Å². The van der Waals surface area contributed by atoms with Crippen molar-refractivity contribution in [3.05, 3.63) is 53.9 Å². The van der Waals surface area contributed by atoms with Gasteiger partial charge in [-0.2, -0.15) is 0 Å². The summed E-state index contributed by atoms with van der Waals surface area (Å²) < 4.78 is 23.2. The molecular weight excluding hydrogens is 469 g/mol. The van der Waals surface area contributed by atoms with Crippen molar-refractivity contribution in [3.8, 4) is 17.0 Å². The summed E-state index contributed by atoms with van der Waals surface area (Å²) in [5.74, 6) is 2.02. The van der Waals surface area contributed by atoms with Crippen LogP contribution in [-0.4, -0.2) is 55.1 Å². The number of piperidine rings is 1. The van der Waals surface area contributed by atoms with E-state index < -0.39 is 5.82 Å². The summed E-state index contributed by atoms with van der Waals surface area (Å²) in [6, 6.07) is 7.81. The first-order chi connectivity index (χ1) is 17.8. The number of likely N-dealkylation sites (tertiary alicyclic amines) is 1. The lowest BCUT2D eigenvalue weighted by Crippen LogP contribution is -2.37. The highest BCUT2D eigenvalue weighted by atomic mass is 19.1. The van der Waals surface area contributed by atoms with E-state index in [0.717, 1.165) is 60.6 Å². The minimum Gasteiger partial charge on any atom is -0.489 e. The van der Waals surface area contributed by atoms with E-state index in [9.17, 15) is 4.39 Å². The van der Waals surface area contributed by atoms with Crippen LogP contribution in [0, 0.1) is 19.7 Å². The van der Waals surface area contributed by atoms with Crippen LogP contribution in [0.4, 0.5) is 16.2 Å². The standard InChI is InChI=1S/C28H34FN7O/c1-6-35-11-9-21(10-12-35)37-22-7-8-25(30-15-22)33-28-31-16-23(29)27(34-28)20-13-18(4)26-24(14-20)36(17(2)3)19(5)32-26/h7-8,13-17,21H,6,9-12H2,1-5H3,(H,30,31,33,34). The molecule has 37 heavy (non-hydrogen) atoms. The lowest BCUT2D eigenvalue weighted by Gasteiger charge is -2.31. The molecule has 4 aromatic rings. The summed E-state index contributed by atoms with van der Waals surface area (Å²) in [4.78, 5) is 20.2. The van der Waals surface area contributed by atoms with Crippen molar-refractivity contribution in [3.63, 3.8) is 0 Å². The van der Waals surface area contributed by atoms with Gasteiger partial charge in [0.05, 0.1) is 23.4 Å². The Bertz CT molecular complexity index is 1390. The number of benzene rings is 1. The quantitative estimate of drug-likeness (QED) is 0.340. The van der Waals surface area contributed by atoms with Crippen molar-refractivity contribution in [2.24, 2.45) is 0 Å². The second-order valence-electron chi connectivity index (χ2n) is 9.93. The molecule has 3 aromatic heterocycles. The Kier molecular flexibility index (Phi) is 7.06. The number of nitrogens with one attached hydrogen (secondary N) is 1. The Labute approximate surface area is 216 Å². The van der Waals surface area contributed by atoms with Crippen LogP contribution in [0.1, 0.15) is 51.0 Å². The second kappa shape index (κ2) is 10.4. The van der Waals surface area contributed by atoms with Gasteiger partial charge in [-0.15, -0.1) is 0 Å². The number of hydrogen-bond donors (Lipinski definition) is 1. The van der Waals surface area contributed by atoms with Crippen LogP contribution >= 0.6 is 0 Å². The van der Waals surface area contributed by atoms with Gasteiger partial charge < -0.3 is 19.5 Å². The van der Waals surface area contributed by atoms with Gasteiger partial charge in [-0.1, -0.05) is 6.92 Å². The van der Waals surface area contributed by atoms with Crippen molar-refractivity contribution in [2.45, 2.75) is 59.6 Å². The van der Waals surface area contributed by atoms with E-state index in [1.807, 2.05) is 38.1 Å². The summed E-state index contributed by atoms with van der Waals surface area (Å²) in [5, 5.41) is 3.09. The maximum Gasteiger partial charge on any atom is 0.229 e. The van der Waals surface area contributed by atoms with Crippen molar-refractivity contribution in [1.82, 2.24) is 29.4 Å². The molecular formula is C28H34FN7O. The minimum atomic E-state index is -0.484. The van der Waals surface area contributed by atoms with Crippen LogP contribution in [0.25, 0.3) is 22.3 Å². The molecule has 0 radical (unpaired) electrons. The predicted molar refractivity (Wildman–Crippen MR) is 144 cm³/mol. The second-order valence-corrected chi connectivity index (χ2v) is 9.93. The predicted octanol–water partition coefficient (Wildman–Crippen LogP) is 5.83. The molecule has 0 aliphatic carbocycles. The van der Waals surface area contributed by atoms with Crippen LogP contribution in [0.15, 0.2) is 36.7 Å². The molecule has 5 rings (SSSR count).